The molecule has 0 atom stereocenters. The lowest BCUT2D eigenvalue weighted by Crippen LogP contribution is -2.07. The van der Waals surface area contributed by atoms with Crippen molar-refractivity contribution < 1.29 is 12.3 Å². The molecular formula is C13H19FO2S. The average Bonchev–Trinajstić information content (AvgIpc) is 2.14. The Hall–Kier alpha value is -0.900. The van der Waals surface area contributed by atoms with Gasteiger partial charge in [0.25, 0.3) is 0 Å². The molecule has 0 heterocycles. The lowest BCUT2D eigenvalue weighted by atomic mass is 9.93. The van der Waals surface area contributed by atoms with Crippen molar-refractivity contribution in [3.05, 3.63) is 28.8 Å². The monoisotopic (exact) mass is 258 g/mol. The van der Waals surface area contributed by atoms with Crippen LogP contribution in [0.15, 0.2) is 17.0 Å². The molecule has 0 aliphatic heterocycles. The summed E-state index contributed by atoms with van der Waals surface area (Å²) >= 11 is 0. The van der Waals surface area contributed by atoms with Crippen molar-refractivity contribution in [2.45, 2.75) is 51.3 Å². The molecule has 4 heteroatoms. The lowest BCUT2D eigenvalue weighted by molar-refractivity contribution is 0.547. The van der Waals surface area contributed by atoms with E-state index in [0.717, 1.165) is 5.56 Å². The average molecular weight is 258 g/mol. The fourth-order valence-corrected chi connectivity index (χ4v) is 3.12. The Morgan fingerprint density at radius 1 is 1.00 bits per heavy atom. The van der Waals surface area contributed by atoms with Gasteiger partial charge in [-0.25, -0.2) is 0 Å². The Labute approximate surface area is 103 Å². The Bertz CT molecular complexity index is 487. The SMILES string of the molecule is Cc1cc(C(C)C)c(S(=O)(=O)F)c(C(C)C)c1. The molecule has 0 radical (unpaired) electrons. The molecule has 1 rings (SSSR count). The first-order valence-corrected chi connectivity index (χ1v) is 7.12. The fourth-order valence-electron chi connectivity index (χ4n) is 1.97. The highest BCUT2D eigenvalue weighted by Crippen LogP contribution is 2.33. The highest BCUT2D eigenvalue weighted by molar-refractivity contribution is 7.86. The van der Waals surface area contributed by atoms with Gasteiger partial charge in [-0.05, 0) is 29.9 Å². The van der Waals surface area contributed by atoms with Gasteiger partial charge in [0.05, 0.1) is 0 Å². The first-order chi connectivity index (χ1) is 7.64. The van der Waals surface area contributed by atoms with Gasteiger partial charge in [0.2, 0.25) is 0 Å². The topological polar surface area (TPSA) is 34.1 Å². The first-order valence-electron chi connectivity index (χ1n) is 5.73. The van der Waals surface area contributed by atoms with Crippen LogP contribution in [0.1, 0.15) is 56.2 Å². The molecule has 2 nitrogen and oxygen atoms in total. The van der Waals surface area contributed by atoms with Gasteiger partial charge in [-0.2, -0.15) is 8.42 Å². The van der Waals surface area contributed by atoms with Crippen LogP contribution in [-0.2, 0) is 10.2 Å². The van der Waals surface area contributed by atoms with Crippen molar-refractivity contribution in [2.24, 2.45) is 0 Å². The Balaban J connectivity index is 3.72. The molecule has 0 N–H and O–H groups in total. The van der Waals surface area contributed by atoms with Gasteiger partial charge in [0.15, 0.2) is 0 Å². The number of rotatable bonds is 3. The maximum atomic E-state index is 13.5. The Kier molecular flexibility index (Phi) is 3.97. The van der Waals surface area contributed by atoms with Crippen LogP contribution in [0, 0.1) is 6.92 Å². The third-order valence-corrected chi connectivity index (χ3v) is 3.74. The fraction of sp³-hybridized carbons (Fsp3) is 0.538. The zero-order valence-corrected chi connectivity index (χ0v) is 11.7. The quantitative estimate of drug-likeness (QED) is 0.770. The van der Waals surface area contributed by atoms with Gasteiger partial charge < -0.3 is 0 Å². The van der Waals surface area contributed by atoms with Crippen molar-refractivity contribution in [1.82, 2.24) is 0 Å². The minimum Gasteiger partial charge on any atom is -0.189 e. The summed E-state index contributed by atoms with van der Waals surface area (Å²) in [6, 6.07) is 3.51. The second-order valence-corrected chi connectivity index (χ2v) is 6.30. The van der Waals surface area contributed by atoms with Gasteiger partial charge in [-0.1, -0.05) is 45.4 Å². The van der Waals surface area contributed by atoms with E-state index in [0.29, 0.717) is 11.1 Å². The molecule has 0 saturated carbocycles. The second-order valence-electron chi connectivity index (χ2n) is 5.02. The highest BCUT2D eigenvalue weighted by Gasteiger charge is 2.25. The molecule has 1 aromatic carbocycles. The van der Waals surface area contributed by atoms with Gasteiger partial charge in [0, 0.05) is 0 Å². The lowest BCUT2D eigenvalue weighted by Gasteiger charge is -2.17. The molecule has 0 aliphatic carbocycles. The normalized spacial score (nSPS) is 12.5. The minimum atomic E-state index is -4.67. The summed E-state index contributed by atoms with van der Waals surface area (Å²) in [5.74, 6) is -0.0409. The zero-order valence-electron chi connectivity index (χ0n) is 10.9. The number of benzene rings is 1. The predicted molar refractivity (Wildman–Crippen MR) is 67.7 cm³/mol. The standard InChI is InChI=1S/C13H19FO2S/c1-8(2)11-6-10(5)7-12(9(3)4)13(11)17(14,15)16/h6-9H,1-5H3. The molecular weight excluding hydrogens is 239 g/mol. The molecule has 1 aromatic rings. The minimum absolute atomic E-state index is 0.0204. The largest absolute Gasteiger partial charge is 0.332 e. The Morgan fingerprint density at radius 2 is 1.35 bits per heavy atom. The van der Waals surface area contributed by atoms with E-state index in [1.54, 1.807) is 12.1 Å². The highest BCUT2D eigenvalue weighted by atomic mass is 32.3. The molecule has 96 valence electrons. The number of hydrogen-bond donors (Lipinski definition) is 0. The van der Waals surface area contributed by atoms with Crippen LogP contribution in [0.4, 0.5) is 3.89 Å². The van der Waals surface area contributed by atoms with Crippen molar-refractivity contribution in [3.8, 4) is 0 Å². The van der Waals surface area contributed by atoms with Crippen LogP contribution in [0.2, 0.25) is 0 Å². The van der Waals surface area contributed by atoms with Crippen LogP contribution in [-0.4, -0.2) is 8.42 Å². The van der Waals surface area contributed by atoms with Crippen LogP contribution < -0.4 is 0 Å². The van der Waals surface area contributed by atoms with Crippen LogP contribution in [0.25, 0.3) is 0 Å². The van der Waals surface area contributed by atoms with Gasteiger partial charge in [-0.3, -0.25) is 0 Å². The molecule has 0 aliphatic rings. The van der Waals surface area contributed by atoms with E-state index < -0.39 is 10.2 Å². The summed E-state index contributed by atoms with van der Waals surface area (Å²) in [7, 11) is -4.67. The summed E-state index contributed by atoms with van der Waals surface area (Å²) < 4.78 is 36.1. The summed E-state index contributed by atoms with van der Waals surface area (Å²) in [4.78, 5) is -0.131. The number of aryl methyl sites for hydroxylation is 1. The molecule has 0 aromatic heterocycles. The third kappa shape index (κ3) is 3.06. The summed E-state index contributed by atoms with van der Waals surface area (Å²) in [6.45, 7) is 9.37. The maximum absolute atomic E-state index is 13.5. The third-order valence-electron chi connectivity index (χ3n) is 2.78. The van der Waals surface area contributed by atoms with E-state index in [4.69, 9.17) is 0 Å². The summed E-state index contributed by atoms with van der Waals surface area (Å²) in [5, 5.41) is 0. The van der Waals surface area contributed by atoms with Gasteiger partial charge in [-0.15, -0.1) is 3.89 Å². The molecule has 0 spiro atoms. The smallest absolute Gasteiger partial charge is 0.189 e. The van der Waals surface area contributed by atoms with E-state index in [9.17, 15) is 12.3 Å². The Morgan fingerprint density at radius 3 is 1.59 bits per heavy atom. The van der Waals surface area contributed by atoms with E-state index >= 15 is 0 Å². The van der Waals surface area contributed by atoms with Gasteiger partial charge in [0.1, 0.15) is 4.90 Å². The second kappa shape index (κ2) is 4.77. The first kappa shape index (κ1) is 14.2. The van der Waals surface area contributed by atoms with Crippen LogP contribution in [0.5, 0.6) is 0 Å². The van der Waals surface area contributed by atoms with Crippen LogP contribution in [0.3, 0.4) is 0 Å². The molecule has 0 saturated heterocycles. The molecule has 0 amide bonds. The summed E-state index contributed by atoms with van der Waals surface area (Å²) in [6.07, 6.45) is 0. The zero-order chi connectivity index (χ0) is 13.4. The predicted octanol–water partition coefficient (Wildman–Crippen LogP) is 3.90. The van der Waals surface area contributed by atoms with Gasteiger partial charge >= 0.3 is 10.2 Å². The van der Waals surface area contributed by atoms with Crippen LogP contribution >= 0.6 is 0 Å². The van der Waals surface area contributed by atoms with Crippen molar-refractivity contribution in [3.63, 3.8) is 0 Å². The van der Waals surface area contributed by atoms with Crippen molar-refractivity contribution in [1.29, 1.82) is 0 Å². The molecule has 0 bridgehead atoms. The van der Waals surface area contributed by atoms with E-state index in [-0.39, 0.29) is 16.7 Å². The molecule has 17 heavy (non-hydrogen) atoms. The van der Waals surface area contributed by atoms with E-state index in [1.165, 1.54) is 0 Å². The molecule has 0 unspecified atom stereocenters. The number of hydrogen-bond acceptors (Lipinski definition) is 2. The van der Waals surface area contributed by atoms with E-state index in [2.05, 4.69) is 0 Å². The maximum Gasteiger partial charge on any atom is 0.332 e. The van der Waals surface area contributed by atoms with Crippen molar-refractivity contribution in [2.75, 3.05) is 0 Å². The van der Waals surface area contributed by atoms with Crippen molar-refractivity contribution >= 4 is 10.2 Å². The number of halogens is 1. The molecule has 0 fully saturated rings. The summed E-state index contributed by atoms with van der Waals surface area (Å²) in [5.41, 5.74) is 2.09. The van der Waals surface area contributed by atoms with E-state index in [1.807, 2.05) is 34.6 Å².